The number of aryl methyl sites for hydroxylation is 3. The minimum absolute atomic E-state index is 0.0117. The maximum absolute atomic E-state index is 12.4. The Hall–Kier alpha value is -2.67. The Kier molecular flexibility index (Phi) is 4.75. The van der Waals surface area contributed by atoms with Crippen molar-refractivity contribution in [1.29, 1.82) is 0 Å². The van der Waals surface area contributed by atoms with Gasteiger partial charge in [-0.3, -0.25) is 4.79 Å². The number of carboxylic acid groups (broad SMARTS) is 1. The lowest BCUT2D eigenvalue weighted by molar-refractivity contribution is -0.131. The quantitative estimate of drug-likeness (QED) is 0.507. The Bertz CT molecular complexity index is 888. The molecule has 2 aromatic carbocycles. The van der Waals surface area contributed by atoms with E-state index in [1.54, 1.807) is 26.0 Å². The fourth-order valence-corrected chi connectivity index (χ4v) is 3.25. The molecular weight excluding hydrogens is 332 g/mol. The van der Waals surface area contributed by atoms with Crippen LogP contribution in [0.1, 0.15) is 27.0 Å². The molecule has 0 atom stereocenters. The van der Waals surface area contributed by atoms with Gasteiger partial charge >= 0.3 is 16.1 Å². The lowest BCUT2D eigenvalue weighted by atomic mass is 10.0. The van der Waals surface area contributed by atoms with Gasteiger partial charge in [-0.1, -0.05) is 17.7 Å². The number of carbonyl (C=O) groups excluding carboxylic acids is 1. The van der Waals surface area contributed by atoms with Crippen molar-refractivity contribution in [2.24, 2.45) is 0 Å². The molecule has 0 unspecified atom stereocenters. The van der Waals surface area contributed by atoms with Gasteiger partial charge in [0.05, 0.1) is 0 Å². The van der Waals surface area contributed by atoms with Crippen LogP contribution in [0, 0.1) is 20.8 Å². The summed E-state index contributed by atoms with van der Waals surface area (Å²) < 4.78 is 29.9. The van der Waals surface area contributed by atoms with Crippen molar-refractivity contribution in [2.75, 3.05) is 0 Å². The zero-order valence-electron chi connectivity index (χ0n) is 13.4. The van der Waals surface area contributed by atoms with Crippen LogP contribution in [0.15, 0.2) is 41.3 Å². The molecule has 1 N–H and O–H groups in total. The standard InChI is InChI=1S/C17H16O6S/c1-10-4-6-14(7-5-10)24(21,22)23-16-11(2)8-13(9-12(16)3)15(18)17(19)20/h4-9H,1-3H3,(H,19,20). The van der Waals surface area contributed by atoms with E-state index in [1.807, 2.05) is 6.92 Å². The Morgan fingerprint density at radius 2 is 1.46 bits per heavy atom. The van der Waals surface area contributed by atoms with Gasteiger partial charge in [0.1, 0.15) is 10.6 Å². The van der Waals surface area contributed by atoms with Gasteiger partial charge in [-0.05, 0) is 56.2 Å². The van der Waals surface area contributed by atoms with Crippen molar-refractivity contribution in [3.63, 3.8) is 0 Å². The van der Waals surface area contributed by atoms with Crippen LogP contribution in [0.3, 0.4) is 0 Å². The number of benzene rings is 2. The molecule has 0 aliphatic carbocycles. The van der Waals surface area contributed by atoms with Crippen LogP contribution >= 0.6 is 0 Å². The van der Waals surface area contributed by atoms with Gasteiger partial charge in [-0.15, -0.1) is 0 Å². The van der Waals surface area contributed by atoms with Gasteiger partial charge in [0, 0.05) is 5.56 Å². The Balaban J connectivity index is 2.41. The van der Waals surface area contributed by atoms with Gasteiger partial charge in [0.25, 0.3) is 5.78 Å². The average Bonchev–Trinajstić information content (AvgIpc) is 2.50. The van der Waals surface area contributed by atoms with E-state index in [2.05, 4.69) is 0 Å². The summed E-state index contributed by atoms with van der Waals surface area (Å²) in [6, 6.07) is 8.79. The number of rotatable bonds is 5. The third kappa shape index (κ3) is 3.62. The number of carboxylic acids is 1. The van der Waals surface area contributed by atoms with E-state index in [0.29, 0.717) is 11.1 Å². The van der Waals surface area contributed by atoms with E-state index < -0.39 is 21.9 Å². The first-order chi connectivity index (χ1) is 11.1. The SMILES string of the molecule is Cc1ccc(S(=O)(=O)Oc2c(C)cc(C(=O)C(=O)O)cc2C)cc1. The first kappa shape index (κ1) is 17.7. The summed E-state index contributed by atoms with van der Waals surface area (Å²) in [5, 5.41) is 8.77. The number of hydrogen-bond donors (Lipinski definition) is 1. The van der Waals surface area contributed by atoms with Gasteiger partial charge in [-0.2, -0.15) is 8.42 Å². The molecule has 24 heavy (non-hydrogen) atoms. The molecule has 0 saturated heterocycles. The second kappa shape index (κ2) is 6.45. The predicted octanol–water partition coefficient (Wildman–Crippen LogP) is 2.65. The number of aliphatic carboxylic acids is 1. The van der Waals surface area contributed by atoms with Crippen molar-refractivity contribution >= 4 is 21.9 Å². The lowest BCUT2D eigenvalue weighted by Gasteiger charge is -2.13. The summed E-state index contributed by atoms with van der Waals surface area (Å²) in [6.07, 6.45) is 0. The third-order valence-corrected chi connectivity index (χ3v) is 4.66. The molecule has 0 amide bonds. The molecule has 0 spiro atoms. The Morgan fingerprint density at radius 3 is 1.92 bits per heavy atom. The van der Waals surface area contributed by atoms with Crippen molar-refractivity contribution in [2.45, 2.75) is 25.7 Å². The van der Waals surface area contributed by atoms with Crippen molar-refractivity contribution in [3.8, 4) is 5.75 Å². The van der Waals surface area contributed by atoms with E-state index in [4.69, 9.17) is 9.29 Å². The van der Waals surface area contributed by atoms with E-state index in [-0.39, 0.29) is 16.2 Å². The molecule has 0 heterocycles. The largest absolute Gasteiger partial charge is 0.475 e. The molecule has 0 bridgehead atoms. The smallest absolute Gasteiger partial charge is 0.377 e. The molecule has 6 nitrogen and oxygen atoms in total. The van der Waals surface area contributed by atoms with Crippen molar-refractivity contribution < 1.29 is 27.3 Å². The predicted molar refractivity (Wildman–Crippen MR) is 86.9 cm³/mol. The molecule has 0 saturated carbocycles. The van der Waals surface area contributed by atoms with Crippen molar-refractivity contribution in [1.82, 2.24) is 0 Å². The summed E-state index contributed by atoms with van der Waals surface area (Å²) in [5.41, 5.74) is 1.60. The van der Waals surface area contributed by atoms with Gasteiger partial charge in [0.15, 0.2) is 0 Å². The lowest BCUT2D eigenvalue weighted by Crippen LogP contribution is -2.15. The molecule has 2 rings (SSSR count). The van der Waals surface area contributed by atoms with E-state index >= 15 is 0 Å². The van der Waals surface area contributed by atoms with E-state index in [1.165, 1.54) is 24.3 Å². The highest BCUT2D eigenvalue weighted by molar-refractivity contribution is 7.87. The van der Waals surface area contributed by atoms with E-state index in [9.17, 15) is 18.0 Å². The zero-order chi connectivity index (χ0) is 18.1. The number of hydrogen-bond acceptors (Lipinski definition) is 5. The molecule has 7 heteroatoms. The van der Waals surface area contributed by atoms with Crippen LogP contribution in [-0.2, 0) is 14.9 Å². The maximum atomic E-state index is 12.4. The van der Waals surface area contributed by atoms with E-state index in [0.717, 1.165) is 5.56 Å². The topological polar surface area (TPSA) is 97.7 Å². The molecule has 0 fully saturated rings. The molecule has 126 valence electrons. The highest BCUT2D eigenvalue weighted by atomic mass is 32.2. The van der Waals surface area contributed by atoms with Crippen LogP contribution in [0.2, 0.25) is 0 Å². The summed E-state index contributed by atoms with van der Waals surface area (Å²) in [5.74, 6) is -2.55. The molecule has 2 aromatic rings. The fraction of sp³-hybridized carbons (Fsp3) is 0.176. The molecule has 0 aliphatic heterocycles. The van der Waals surface area contributed by atoms with Gasteiger partial charge < -0.3 is 9.29 Å². The van der Waals surface area contributed by atoms with Gasteiger partial charge in [-0.25, -0.2) is 4.79 Å². The second-order valence-electron chi connectivity index (χ2n) is 5.42. The Morgan fingerprint density at radius 1 is 0.958 bits per heavy atom. The average molecular weight is 348 g/mol. The first-order valence-corrected chi connectivity index (χ1v) is 8.42. The van der Waals surface area contributed by atoms with Gasteiger partial charge in [0.2, 0.25) is 0 Å². The number of Topliss-reactive ketones (excluding diaryl/α,β-unsaturated/α-hetero) is 1. The minimum Gasteiger partial charge on any atom is -0.475 e. The summed E-state index contributed by atoms with van der Waals surface area (Å²) in [4.78, 5) is 22.3. The first-order valence-electron chi connectivity index (χ1n) is 7.02. The van der Waals surface area contributed by atoms with Crippen LogP contribution < -0.4 is 4.18 Å². The summed E-state index contributed by atoms with van der Waals surface area (Å²) >= 11 is 0. The number of ketones is 1. The minimum atomic E-state index is -4.03. The molecule has 0 aromatic heterocycles. The molecule has 0 aliphatic rings. The second-order valence-corrected chi connectivity index (χ2v) is 6.97. The highest BCUT2D eigenvalue weighted by Gasteiger charge is 2.22. The van der Waals surface area contributed by atoms with Crippen LogP contribution in [0.5, 0.6) is 5.75 Å². The summed E-state index contributed by atoms with van der Waals surface area (Å²) in [6.45, 7) is 4.93. The fourth-order valence-electron chi connectivity index (χ4n) is 2.20. The van der Waals surface area contributed by atoms with Crippen LogP contribution in [-0.4, -0.2) is 25.3 Å². The normalized spacial score (nSPS) is 11.1. The highest BCUT2D eigenvalue weighted by Crippen LogP contribution is 2.28. The number of carbonyl (C=O) groups is 2. The van der Waals surface area contributed by atoms with Crippen LogP contribution in [0.25, 0.3) is 0 Å². The zero-order valence-corrected chi connectivity index (χ0v) is 14.2. The monoisotopic (exact) mass is 348 g/mol. The Labute approximate surface area is 139 Å². The van der Waals surface area contributed by atoms with Crippen molar-refractivity contribution in [3.05, 3.63) is 58.7 Å². The van der Waals surface area contributed by atoms with Crippen LogP contribution in [0.4, 0.5) is 0 Å². The maximum Gasteiger partial charge on any atom is 0.377 e. The summed E-state index contributed by atoms with van der Waals surface area (Å²) in [7, 11) is -4.03. The molecule has 0 radical (unpaired) electrons. The molecular formula is C17H16O6S. The third-order valence-electron chi connectivity index (χ3n) is 3.42.